The lowest BCUT2D eigenvalue weighted by molar-refractivity contribution is 0.401. The molecule has 1 aromatic carbocycles. The Morgan fingerprint density at radius 2 is 2.32 bits per heavy atom. The van der Waals surface area contributed by atoms with E-state index in [1.807, 2.05) is 0 Å². The van der Waals surface area contributed by atoms with Gasteiger partial charge in [0, 0.05) is 18.7 Å². The third-order valence-corrected chi connectivity index (χ3v) is 4.76. The van der Waals surface area contributed by atoms with Crippen LogP contribution in [0.5, 0.6) is 0 Å². The van der Waals surface area contributed by atoms with Gasteiger partial charge in [0.25, 0.3) is 0 Å². The number of thiocarbonyl (C=S) groups is 1. The molecular formula is C14H18BrFN2S. The van der Waals surface area contributed by atoms with Crippen molar-refractivity contribution >= 4 is 38.8 Å². The first-order valence-electron chi connectivity index (χ1n) is 6.57. The van der Waals surface area contributed by atoms with Crippen molar-refractivity contribution in [2.24, 2.45) is 11.7 Å². The highest BCUT2D eigenvalue weighted by Crippen LogP contribution is 2.32. The number of benzene rings is 1. The molecule has 1 saturated heterocycles. The Balaban J connectivity index is 2.30. The summed E-state index contributed by atoms with van der Waals surface area (Å²) in [7, 11) is 0. The molecule has 1 aliphatic heterocycles. The minimum atomic E-state index is -0.262. The zero-order valence-electron chi connectivity index (χ0n) is 11.0. The summed E-state index contributed by atoms with van der Waals surface area (Å²) in [5.74, 6) is 0.393. The number of anilines is 1. The van der Waals surface area contributed by atoms with Crippen molar-refractivity contribution in [3.8, 4) is 0 Å². The molecular weight excluding hydrogens is 327 g/mol. The molecule has 1 heterocycles. The maximum atomic E-state index is 14.4. The van der Waals surface area contributed by atoms with Gasteiger partial charge in [-0.3, -0.25) is 0 Å². The fourth-order valence-electron chi connectivity index (χ4n) is 2.59. The summed E-state index contributed by atoms with van der Waals surface area (Å²) >= 11 is 8.18. The minimum Gasteiger partial charge on any atom is -0.389 e. The summed E-state index contributed by atoms with van der Waals surface area (Å²) in [6, 6.07) is 3.58. The second-order valence-electron chi connectivity index (χ2n) is 4.99. The topological polar surface area (TPSA) is 29.3 Å². The molecule has 1 aliphatic rings. The van der Waals surface area contributed by atoms with E-state index in [-0.39, 0.29) is 10.8 Å². The van der Waals surface area contributed by atoms with Crippen molar-refractivity contribution in [1.82, 2.24) is 0 Å². The van der Waals surface area contributed by atoms with E-state index in [1.54, 1.807) is 12.1 Å². The molecule has 1 fully saturated rings. The standard InChI is InChI=1S/C14H18BrFN2S/c1-2-9-4-3-7-18(8-9)11-6-5-10(14(17)19)12(15)13(11)16/h5-6,9H,2-4,7-8H2,1H3,(H2,17,19). The number of rotatable bonds is 3. The zero-order valence-corrected chi connectivity index (χ0v) is 13.4. The van der Waals surface area contributed by atoms with Crippen LogP contribution in [-0.4, -0.2) is 18.1 Å². The molecule has 1 aromatic rings. The highest BCUT2D eigenvalue weighted by Gasteiger charge is 2.23. The lowest BCUT2D eigenvalue weighted by Crippen LogP contribution is -2.35. The zero-order chi connectivity index (χ0) is 14.0. The lowest BCUT2D eigenvalue weighted by Gasteiger charge is -2.34. The van der Waals surface area contributed by atoms with E-state index in [9.17, 15) is 4.39 Å². The molecule has 2 N–H and O–H groups in total. The first kappa shape index (κ1) is 14.7. The van der Waals surface area contributed by atoms with Gasteiger partial charge in [-0.25, -0.2) is 4.39 Å². The van der Waals surface area contributed by atoms with Crippen molar-refractivity contribution < 1.29 is 4.39 Å². The summed E-state index contributed by atoms with van der Waals surface area (Å²) in [6.07, 6.45) is 3.50. The number of hydrogen-bond acceptors (Lipinski definition) is 2. The van der Waals surface area contributed by atoms with E-state index in [0.29, 0.717) is 21.6 Å². The number of nitrogens with zero attached hydrogens (tertiary/aromatic N) is 1. The van der Waals surface area contributed by atoms with Crippen molar-refractivity contribution in [2.75, 3.05) is 18.0 Å². The summed E-state index contributed by atoms with van der Waals surface area (Å²) in [5.41, 5.74) is 6.78. The minimum absolute atomic E-state index is 0.211. The van der Waals surface area contributed by atoms with Crippen LogP contribution in [0.25, 0.3) is 0 Å². The number of hydrogen-bond donors (Lipinski definition) is 1. The van der Waals surface area contributed by atoms with E-state index < -0.39 is 0 Å². The Morgan fingerprint density at radius 1 is 1.58 bits per heavy atom. The molecule has 0 aliphatic carbocycles. The highest BCUT2D eigenvalue weighted by atomic mass is 79.9. The third kappa shape index (κ3) is 3.08. The van der Waals surface area contributed by atoms with Crippen LogP contribution >= 0.6 is 28.1 Å². The van der Waals surface area contributed by atoms with Gasteiger partial charge in [0.1, 0.15) is 4.99 Å². The van der Waals surface area contributed by atoms with Crippen LogP contribution in [0.4, 0.5) is 10.1 Å². The Kier molecular flexibility index (Phi) is 4.79. The van der Waals surface area contributed by atoms with Crippen LogP contribution in [0, 0.1) is 11.7 Å². The highest BCUT2D eigenvalue weighted by molar-refractivity contribution is 9.10. The van der Waals surface area contributed by atoms with Gasteiger partial charge < -0.3 is 10.6 Å². The van der Waals surface area contributed by atoms with E-state index >= 15 is 0 Å². The number of nitrogens with two attached hydrogens (primary N) is 1. The first-order chi connectivity index (χ1) is 9.04. The van der Waals surface area contributed by atoms with Crippen LogP contribution in [0.2, 0.25) is 0 Å². The van der Waals surface area contributed by atoms with Gasteiger partial charge in [0.15, 0.2) is 5.82 Å². The van der Waals surface area contributed by atoms with Crippen molar-refractivity contribution in [1.29, 1.82) is 0 Å². The fraction of sp³-hybridized carbons (Fsp3) is 0.500. The normalized spacial score (nSPS) is 19.5. The summed E-state index contributed by atoms with van der Waals surface area (Å²) in [5, 5.41) is 0. The molecule has 0 amide bonds. The molecule has 2 rings (SSSR count). The molecule has 5 heteroatoms. The van der Waals surface area contributed by atoms with Gasteiger partial charge in [0.2, 0.25) is 0 Å². The molecule has 104 valence electrons. The van der Waals surface area contributed by atoms with Crippen molar-refractivity contribution in [3.63, 3.8) is 0 Å². The molecule has 0 bridgehead atoms. The molecule has 0 radical (unpaired) electrons. The quantitative estimate of drug-likeness (QED) is 0.844. The molecule has 1 atom stereocenters. The second-order valence-corrected chi connectivity index (χ2v) is 6.22. The van der Waals surface area contributed by atoms with Crippen LogP contribution < -0.4 is 10.6 Å². The molecule has 1 unspecified atom stereocenters. The Hall–Kier alpha value is -0.680. The van der Waals surface area contributed by atoms with E-state index in [0.717, 1.165) is 25.9 Å². The Bertz CT molecular complexity index is 493. The van der Waals surface area contributed by atoms with Gasteiger partial charge in [-0.1, -0.05) is 25.6 Å². The van der Waals surface area contributed by atoms with Gasteiger partial charge in [-0.2, -0.15) is 0 Å². The smallest absolute Gasteiger partial charge is 0.161 e. The molecule has 0 aromatic heterocycles. The van der Waals surface area contributed by atoms with Gasteiger partial charge >= 0.3 is 0 Å². The average Bonchev–Trinajstić information content (AvgIpc) is 2.41. The largest absolute Gasteiger partial charge is 0.389 e. The third-order valence-electron chi connectivity index (χ3n) is 3.76. The maximum absolute atomic E-state index is 14.4. The molecule has 19 heavy (non-hydrogen) atoms. The number of halogens is 2. The van der Waals surface area contributed by atoms with Crippen LogP contribution in [-0.2, 0) is 0 Å². The number of piperidine rings is 1. The van der Waals surface area contributed by atoms with E-state index in [2.05, 4.69) is 27.8 Å². The SMILES string of the molecule is CCC1CCCN(c2ccc(C(N)=S)c(Br)c2F)C1. The second kappa shape index (κ2) is 6.18. The van der Waals surface area contributed by atoms with Crippen LogP contribution in [0.3, 0.4) is 0 Å². The summed E-state index contributed by atoms with van der Waals surface area (Å²) < 4.78 is 14.8. The van der Waals surface area contributed by atoms with Gasteiger partial charge in [-0.05, 0) is 46.8 Å². The Morgan fingerprint density at radius 3 is 2.95 bits per heavy atom. The van der Waals surface area contributed by atoms with Gasteiger partial charge in [0.05, 0.1) is 10.2 Å². The van der Waals surface area contributed by atoms with Crippen LogP contribution in [0.1, 0.15) is 31.7 Å². The van der Waals surface area contributed by atoms with Crippen molar-refractivity contribution in [3.05, 3.63) is 28.0 Å². The first-order valence-corrected chi connectivity index (χ1v) is 7.77. The molecule has 0 saturated carbocycles. The van der Waals surface area contributed by atoms with Crippen molar-refractivity contribution in [2.45, 2.75) is 26.2 Å². The van der Waals surface area contributed by atoms with E-state index in [4.69, 9.17) is 18.0 Å². The van der Waals surface area contributed by atoms with E-state index in [1.165, 1.54) is 6.42 Å². The summed E-state index contributed by atoms with van der Waals surface area (Å²) in [6.45, 7) is 4.02. The lowest BCUT2D eigenvalue weighted by atomic mass is 9.95. The molecule has 2 nitrogen and oxygen atoms in total. The molecule has 0 spiro atoms. The predicted octanol–water partition coefficient (Wildman–Crippen LogP) is 3.85. The summed E-state index contributed by atoms with van der Waals surface area (Å²) in [4.78, 5) is 2.34. The van der Waals surface area contributed by atoms with Gasteiger partial charge in [-0.15, -0.1) is 0 Å². The Labute approximate surface area is 127 Å². The average molecular weight is 345 g/mol. The monoisotopic (exact) mass is 344 g/mol. The predicted molar refractivity (Wildman–Crippen MR) is 85.2 cm³/mol. The fourth-order valence-corrected chi connectivity index (χ4v) is 3.44. The maximum Gasteiger partial charge on any atom is 0.161 e. The van der Waals surface area contributed by atoms with Crippen LogP contribution in [0.15, 0.2) is 16.6 Å².